The first-order valence-electron chi connectivity index (χ1n) is 4.98. The van der Waals surface area contributed by atoms with Crippen molar-refractivity contribution in [2.75, 3.05) is 0 Å². The molecule has 0 saturated carbocycles. The van der Waals surface area contributed by atoms with Gasteiger partial charge in [-0.3, -0.25) is 0 Å². The van der Waals surface area contributed by atoms with Crippen LogP contribution in [0.4, 0.5) is 57.1 Å². The molecule has 0 aliphatic carbocycles. The quantitative estimate of drug-likeness (QED) is 0.240. The maximum absolute atomic E-state index is 13.3. The normalized spacial score (nSPS) is 17.6. The van der Waals surface area contributed by atoms with E-state index in [4.69, 9.17) is 0 Å². The topological polar surface area (TPSA) is 75.7 Å². The molecule has 0 aromatic carbocycles. The third-order valence-electron chi connectivity index (χ3n) is 1.93. The van der Waals surface area contributed by atoms with Crippen molar-refractivity contribution < 1.29 is 131 Å². The first kappa shape index (κ1) is 29.3. The molecular formula is C7F13KO5S. The molecule has 0 saturated heterocycles. The van der Waals surface area contributed by atoms with Crippen molar-refractivity contribution in [3.05, 3.63) is 11.2 Å². The fourth-order valence-electron chi connectivity index (χ4n) is 0.829. The van der Waals surface area contributed by atoms with Crippen molar-refractivity contribution in [2.45, 2.75) is 30.4 Å². The van der Waals surface area contributed by atoms with Crippen molar-refractivity contribution in [1.29, 1.82) is 0 Å². The minimum absolute atomic E-state index is 0. The monoisotopic (exact) mass is 482 g/mol. The van der Waals surface area contributed by atoms with E-state index in [0.29, 0.717) is 0 Å². The minimum Gasteiger partial charge on any atom is -0.742 e. The van der Waals surface area contributed by atoms with Gasteiger partial charge in [-0.15, -0.1) is 0 Å². The van der Waals surface area contributed by atoms with Crippen LogP contribution in [-0.2, 0) is 19.6 Å². The number of alkyl halides is 11. The predicted octanol–water partition coefficient (Wildman–Crippen LogP) is 0.610. The largest absolute Gasteiger partial charge is 1.00 e. The van der Waals surface area contributed by atoms with Crippen LogP contribution in [-0.4, -0.2) is 43.4 Å². The second-order valence-electron chi connectivity index (χ2n) is 3.83. The Morgan fingerprint density at radius 2 is 1.11 bits per heavy atom. The summed E-state index contributed by atoms with van der Waals surface area (Å²) in [6, 6.07) is -4.17. The zero-order valence-corrected chi connectivity index (χ0v) is 15.8. The van der Waals surface area contributed by atoms with Gasteiger partial charge in [-0.25, -0.2) is 13.2 Å². The van der Waals surface area contributed by atoms with Crippen molar-refractivity contribution in [1.82, 2.24) is 0 Å². The van der Waals surface area contributed by atoms with Gasteiger partial charge in [0.15, 0.2) is 10.1 Å². The maximum atomic E-state index is 13.3. The van der Waals surface area contributed by atoms with E-state index in [1.165, 1.54) is 4.74 Å². The Hall–Kier alpha value is 0.136. The zero-order chi connectivity index (χ0) is 21.6. The molecule has 0 spiro atoms. The third-order valence-corrected chi connectivity index (χ3v) is 2.53. The van der Waals surface area contributed by atoms with Crippen LogP contribution in [0.15, 0.2) is 11.2 Å². The van der Waals surface area contributed by atoms with Crippen LogP contribution in [0.1, 0.15) is 0 Å². The van der Waals surface area contributed by atoms with E-state index in [1.807, 2.05) is 4.74 Å². The Bertz CT molecular complexity index is 668. The Morgan fingerprint density at radius 3 is 1.37 bits per heavy atom. The molecule has 0 rings (SSSR count). The predicted molar refractivity (Wildman–Crippen MR) is 47.0 cm³/mol. The van der Waals surface area contributed by atoms with Crippen LogP contribution in [0.5, 0.6) is 0 Å². The molecule has 5 nitrogen and oxygen atoms in total. The minimum atomic E-state index is -7.45. The molecule has 0 aliphatic rings. The van der Waals surface area contributed by atoms with Crippen molar-refractivity contribution in [3.8, 4) is 0 Å². The van der Waals surface area contributed by atoms with Crippen LogP contribution in [0.2, 0.25) is 0 Å². The van der Waals surface area contributed by atoms with Gasteiger partial charge in [-0.1, -0.05) is 0 Å². The molecule has 1 atom stereocenters. The summed E-state index contributed by atoms with van der Waals surface area (Å²) in [4.78, 5) is 0. The fourth-order valence-corrected chi connectivity index (χ4v) is 1.07. The molecular weight excluding hydrogens is 482 g/mol. The standard InChI is InChI=1S/C7HF13O5S.K/c8-1(2(9)26(21,22)23)24-3(10,4(11,12)13)6(17,18)25-7(19,20)5(14,15)16;/h(H,21,22,23);/q;+1/p-1. The number of ether oxygens (including phenoxy) is 2. The van der Waals surface area contributed by atoms with Crippen molar-refractivity contribution >= 4 is 10.1 Å². The Kier molecular flexibility index (Phi) is 9.21. The molecule has 20 heteroatoms. The van der Waals surface area contributed by atoms with E-state index in [1.54, 1.807) is 0 Å². The van der Waals surface area contributed by atoms with Crippen molar-refractivity contribution in [3.63, 3.8) is 0 Å². The van der Waals surface area contributed by atoms with E-state index in [-0.39, 0.29) is 51.4 Å². The molecule has 27 heavy (non-hydrogen) atoms. The number of rotatable bonds is 6. The number of hydrogen-bond donors (Lipinski definition) is 0. The SMILES string of the molecule is O=S(=O)([O-])C(F)=C(F)OC(F)(C(F)(F)F)C(F)(F)OC(F)(F)C(F)(F)F.[K+]. The third kappa shape index (κ3) is 6.57. The average Bonchev–Trinajstić information content (AvgIpc) is 2.32. The van der Waals surface area contributed by atoms with Gasteiger partial charge in [-0.05, 0) is 0 Å². The summed E-state index contributed by atoms with van der Waals surface area (Å²) in [6.45, 7) is 0. The number of hydrogen-bond acceptors (Lipinski definition) is 5. The van der Waals surface area contributed by atoms with Crippen molar-refractivity contribution in [2.24, 2.45) is 0 Å². The van der Waals surface area contributed by atoms with E-state index in [0.717, 1.165) is 0 Å². The summed E-state index contributed by atoms with van der Waals surface area (Å²) in [5, 5.41) is -3.96. The van der Waals surface area contributed by atoms with Gasteiger partial charge >= 0.3 is 87.8 Å². The molecule has 0 heterocycles. The van der Waals surface area contributed by atoms with Gasteiger partial charge in [0.2, 0.25) is 0 Å². The molecule has 0 amide bonds. The van der Waals surface area contributed by atoms with Gasteiger partial charge in [0.05, 0.1) is 0 Å². The van der Waals surface area contributed by atoms with Crippen LogP contribution in [0, 0.1) is 0 Å². The average molecular weight is 482 g/mol. The molecule has 0 aliphatic heterocycles. The second kappa shape index (κ2) is 8.48. The van der Waals surface area contributed by atoms with E-state index in [2.05, 4.69) is 0 Å². The van der Waals surface area contributed by atoms with Gasteiger partial charge in [0.1, 0.15) is 0 Å². The second-order valence-corrected chi connectivity index (χ2v) is 5.10. The first-order valence-corrected chi connectivity index (χ1v) is 6.39. The molecule has 1 unspecified atom stereocenters. The smallest absolute Gasteiger partial charge is 0.742 e. The maximum Gasteiger partial charge on any atom is 1.00 e. The molecule has 156 valence electrons. The van der Waals surface area contributed by atoms with Gasteiger partial charge < -0.3 is 9.29 Å². The summed E-state index contributed by atoms with van der Waals surface area (Å²) in [6.07, 6.45) is -29.2. The van der Waals surface area contributed by atoms with Gasteiger partial charge in [0, 0.05) is 0 Å². The van der Waals surface area contributed by atoms with E-state index in [9.17, 15) is 70.0 Å². The van der Waals surface area contributed by atoms with Crippen LogP contribution < -0.4 is 51.4 Å². The molecule has 0 fully saturated rings. The Morgan fingerprint density at radius 1 is 0.741 bits per heavy atom. The summed E-state index contributed by atoms with van der Waals surface area (Å²) >= 11 is 0. The van der Waals surface area contributed by atoms with Gasteiger partial charge in [-0.2, -0.15) is 57.1 Å². The summed E-state index contributed by atoms with van der Waals surface area (Å²) < 4.78 is 194. The molecule has 0 radical (unpaired) electrons. The summed E-state index contributed by atoms with van der Waals surface area (Å²) in [5.41, 5.74) is 0. The summed E-state index contributed by atoms with van der Waals surface area (Å²) in [7, 11) is -6.71. The van der Waals surface area contributed by atoms with Crippen LogP contribution >= 0.6 is 0 Å². The molecule has 0 aromatic rings. The molecule has 0 bridgehead atoms. The van der Waals surface area contributed by atoms with Gasteiger partial charge in [0.25, 0.3) is 5.16 Å². The fraction of sp³-hybridized carbons (Fsp3) is 0.714. The number of halogens is 13. The molecule has 0 aromatic heterocycles. The Labute approximate surface area is 181 Å². The van der Waals surface area contributed by atoms with E-state index >= 15 is 0 Å². The molecule has 0 N–H and O–H groups in total. The zero-order valence-electron chi connectivity index (χ0n) is 11.9. The first-order chi connectivity index (χ1) is 11.0. The van der Waals surface area contributed by atoms with E-state index < -0.39 is 51.7 Å². The van der Waals surface area contributed by atoms with Crippen LogP contribution in [0.25, 0.3) is 0 Å². The Balaban J connectivity index is 0. The van der Waals surface area contributed by atoms with Crippen LogP contribution in [0.3, 0.4) is 0 Å². The summed E-state index contributed by atoms with van der Waals surface area (Å²) in [5.74, 6) is -7.33.